The van der Waals surface area contributed by atoms with Gasteiger partial charge in [0.25, 0.3) is 0 Å². The van der Waals surface area contributed by atoms with Gasteiger partial charge in [-0.2, -0.15) is 5.10 Å². The zero-order valence-corrected chi connectivity index (χ0v) is 26.1. The number of ether oxygens (including phenoxy) is 3. The van der Waals surface area contributed by atoms with Gasteiger partial charge in [-0.05, 0) is 68.0 Å². The van der Waals surface area contributed by atoms with Crippen LogP contribution in [0.25, 0.3) is 32.8 Å². The first-order chi connectivity index (χ1) is 21.4. The fourth-order valence-electron chi connectivity index (χ4n) is 6.08. The minimum Gasteiger partial charge on any atom is -0.493 e. The minimum absolute atomic E-state index is 0.201. The zero-order chi connectivity index (χ0) is 30.8. The van der Waals surface area contributed by atoms with E-state index in [0.717, 1.165) is 61.9 Å². The van der Waals surface area contributed by atoms with Crippen LogP contribution in [0.1, 0.15) is 47.2 Å². The van der Waals surface area contributed by atoms with E-state index in [4.69, 9.17) is 30.9 Å². The highest BCUT2D eigenvalue weighted by atomic mass is 35.5. The van der Waals surface area contributed by atoms with Crippen LogP contribution in [0.3, 0.4) is 0 Å². The summed E-state index contributed by atoms with van der Waals surface area (Å²) in [6.45, 7) is 5.67. The van der Waals surface area contributed by atoms with Gasteiger partial charge in [0.2, 0.25) is 0 Å². The number of benzene rings is 3. The topological polar surface area (TPSA) is 98.6 Å². The first-order valence-corrected chi connectivity index (χ1v) is 15.6. The molecule has 0 bridgehead atoms. The van der Waals surface area contributed by atoms with Crippen molar-refractivity contribution in [1.29, 1.82) is 0 Å². The van der Waals surface area contributed by atoms with Gasteiger partial charge in [0, 0.05) is 41.2 Å². The Kier molecular flexibility index (Phi) is 8.93. The van der Waals surface area contributed by atoms with Gasteiger partial charge < -0.3 is 24.3 Å². The summed E-state index contributed by atoms with van der Waals surface area (Å²) in [7, 11) is 1.90. The number of hydrogen-bond acceptors (Lipinski definition) is 6. The van der Waals surface area contributed by atoms with E-state index in [2.05, 4.69) is 23.2 Å². The lowest BCUT2D eigenvalue weighted by molar-refractivity contribution is 0.0519. The van der Waals surface area contributed by atoms with E-state index in [-0.39, 0.29) is 13.2 Å². The second-order valence-corrected chi connectivity index (χ2v) is 11.9. The molecule has 0 spiro atoms. The Bertz CT molecular complexity index is 1800. The predicted octanol–water partition coefficient (Wildman–Crippen LogP) is 7.02. The Balaban J connectivity index is 1.30. The summed E-state index contributed by atoms with van der Waals surface area (Å²) in [5.41, 5.74) is 5.47. The molecule has 2 aromatic heterocycles. The largest absolute Gasteiger partial charge is 0.493 e. The smallest absolute Gasteiger partial charge is 0.355 e. The van der Waals surface area contributed by atoms with Gasteiger partial charge in [-0.25, -0.2) is 4.79 Å². The number of H-pyrrole nitrogens is 1. The average Bonchev–Trinajstić information content (AvgIpc) is 3.61. The summed E-state index contributed by atoms with van der Waals surface area (Å²) in [6, 6.07) is 18.1. The van der Waals surface area contributed by atoms with Crippen molar-refractivity contribution in [3.05, 3.63) is 82.3 Å². The van der Waals surface area contributed by atoms with Crippen molar-refractivity contribution in [3.8, 4) is 16.9 Å². The van der Waals surface area contributed by atoms with Gasteiger partial charge in [0.15, 0.2) is 0 Å². The van der Waals surface area contributed by atoms with Crippen molar-refractivity contribution >= 4 is 39.2 Å². The lowest BCUT2D eigenvalue weighted by Crippen LogP contribution is -2.09. The highest BCUT2D eigenvalue weighted by Gasteiger charge is 2.36. The molecule has 2 heterocycles. The number of aryl methyl sites for hydroxylation is 2. The first kappa shape index (κ1) is 30.2. The van der Waals surface area contributed by atoms with Crippen molar-refractivity contribution in [1.82, 2.24) is 14.8 Å². The summed E-state index contributed by atoms with van der Waals surface area (Å²) >= 11 is 6.91. The normalized spacial score (nSPS) is 16.1. The number of esters is 1. The maximum absolute atomic E-state index is 13.2. The average molecular weight is 616 g/mol. The van der Waals surface area contributed by atoms with Crippen LogP contribution in [0, 0.1) is 18.8 Å². The molecule has 230 valence electrons. The molecule has 0 amide bonds. The lowest BCUT2D eigenvalue weighted by atomic mass is 9.98. The molecule has 0 aliphatic heterocycles. The standard InChI is InChI=1S/C35H38ClN3O5/c1-4-43-35(41)34-26(12-8-16-44-30-13-7-10-22-9-5-6-11-25(22)30)27-14-15-28(36)32(33(27)37-34)31-21(2)39(3)38-29(31)20-42-19-24-17-23(24)18-40/h5-7,9-11,13-15,23-24,37,40H,4,8,12,16-20H2,1-3H3. The molecule has 1 fully saturated rings. The SMILES string of the molecule is CCOC(=O)c1[nH]c2c(-c3c(COCC4CC4CO)nn(C)c3C)c(Cl)ccc2c1CCCOc1cccc2ccccc12. The van der Waals surface area contributed by atoms with Crippen LogP contribution in [-0.2, 0) is 29.5 Å². The summed E-state index contributed by atoms with van der Waals surface area (Å²) in [4.78, 5) is 16.6. The second kappa shape index (κ2) is 13.0. The predicted molar refractivity (Wildman–Crippen MR) is 172 cm³/mol. The van der Waals surface area contributed by atoms with Crippen LogP contribution < -0.4 is 4.74 Å². The third-order valence-electron chi connectivity index (χ3n) is 8.62. The van der Waals surface area contributed by atoms with Gasteiger partial charge in [-0.1, -0.05) is 54.1 Å². The van der Waals surface area contributed by atoms with Crippen molar-refractivity contribution in [2.75, 3.05) is 26.4 Å². The Hall–Kier alpha value is -3.85. The Morgan fingerprint density at radius 1 is 1.09 bits per heavy atom. The van der Waals surface area contributed by atoms with E-state index in [1.54, 1.807) is 6.92 Å². The van der Waals surface area contributed by atoms with Crippen LogP contribution in [0.4, 0.5) is 0 Å². The first-order valence-electron chi connectivity index (χ1n) is 15.2. The number of aromatic nitrogens is 3. The van der Waals surface area contributed by atoms with Crippen LogP contribution in [-0.4, -0.2) is 52.3 Å². The number of hydrogen-bond donors (Lipinski definition) is 2. The Labute approximate surface area is 261 Å². The molecule has 2 N–H and O–H groups in total. The van der Waals surface area contributed by atoms with Crippen molar-refractivity contribution in [3.63, 3.8) is 0 Å². The molecule has 1 aliphatic rings. The molecule has 8 nitrogen and oxygen atoms in total. The molecule has 3 aromatic carbocycles. The fraction of sp³-hybridized carbons (Fsp3) is 0.371. The number of nitrogens with one attached hydrogen (secondary N) is 1. The van der Waals surface area contributed by atoms with E-state index in [9.17, 15) is 9.90 Å². The quantitative estimate of drug-likeness (QED) is 0.109. The van der Waals surface area contributed by atoms with Crippen molar-refractivity contribution in [2.24, 2.45) is 18.9 Å². The number of fused-ring (bicyclic) bond motifs is 2. The lowest BCUT2D eigenvalue weighted by Gasteiger charge is -2.11. The van der Waals surface area contributed by atoms with E-state index in [1.165, 1.54) is 0 Å². The molecule has 44 heavy (non-hydrogen) atoms. The highest BCUT2D eigenvalue weighted by Crippen LogP contribution is 2.42. The number of carbonyl (C=O) groups excluding carboxylic acids is 1. The summed E-state index contributed by atoms with van der Waals surface area (Å²) < 4.78 is 19.6. The zero-order valence-electron chi connectivity index (χ0n) is 25.4. The monoisotopic (exact) mass is 615 g/mol. The molecule has 2 unspecified atom stereocenters. The number of aliphatic hydroxyl groups is 1. The third-order valence-corrected chi connectivity index (χ3v) is 8.93. The summed E-state index contributed by atoms with van der Waals surface area (Å²) in [5, 5.41) is 17.8. The Morgan fingerprint density at radius 3 is 2.70 bits per heavy atom. The third kappa shape index (κ3) is 5.94. The van der Waals surface area contributed by atoms with Crippen LogP contribution in [0.2, 0.25) is 5.02 Å². The molecule has 9 heteroatoms. The molecular weight excluding hydrogens is 578 g/mol. The molecule has 2 atom stereocenters. The molecular formula is C35H38ClN3O5. The number of halogens is 1. The Morgan fingerprint density at radius 2 is 1.91 bits per heavy atom. The summed E-state index contributed by atoms with van der Waals surface area (Å²) in [6.07, 6.45) is 2.29. The van der Waals surface area contributed by atoms with E-state index in [0.29, 0.717) is 55.2 Å². The van der Waals surface area contributed by atoms with E-state index in [1.807, 2.05) is 55.1 Å². The number of carbonyl (C=O) groups is 1. The summed E-state index contributed by atoms with van der Waals surface area (Å²) in [5.74, 6) is 1.17. The molecule has 1 saturated carbocycles. The van der Waals surface area contributed by atoms with Gasteiger partial charge in [0.1, 0.15) is 11.4 Å². The van der Waals surface area contributed by atoms with Crippen molar-refractivity contribution < 1.29 is 24.1 Å². The molecule has 6 rings (SSSR count). The van der Waals surface area contributed by atoms with E-state index < -0.39 is 5.97 Å². The number of rotatable bonds is 13. The van der Waals surface area contributed by atoms with E-state index >= 15 is 0 Å². The van der Waals surface area contributed by atoms with Gasteiger partial charge in [-0.15, -0.1) is 0 Å². The highest BCUT2D eigenvalue weighted by molar-refractivity contribution is 6.35. The van der Waals surface area contributed by atoms with Gasteiger partial charge in [-0.3, -0.25) is 4.68 Å². The van der Waals surface area contributed by atoms with Crippen LogP contribution >= 0.6 is 11.6 Å². The van der Waals surface area contributed by atoms with Gasteiger partial charge in [0.05, 0.1) is 42.7 Å². The molecule has 5 aromatic rings. The minimum atomic E-state index is -0.398. The fourth-order valence-corrected chi connectivity index (χ4v) is 6.33. The second-order valence-electron chi connectivity index (χ2n) is 11.5. The maximum Gasteiger partial charge on any atom is 0.355 e. The molecule has 0 radical (unpaired) electrons. The number of aliphatic hydroxyl groups excluding tert-OH is 1. The number of nitrogens with zero attached hydrogens (tertiary/aromatic N) is 2. The maximum atomic E-state index is 13.2. The molecule has 1 aliphatic carbocycles. The van der Waals surface area contributed by atoms with Gasteiger partial charge >= 0.3 is 5.97 Å². The number of aromatic amines is 1. The van der Waals surface area contributed by atoms with Crippen molar-refractivity contribution in [2.45, 2.75) is 39.7 Å². The van der Waals surface area contributed by atoms with Crippen LogP contribution in [0.5, 0.6) is 5.75 Å². The molecule has 0 saturated heterocycles. The van der Waals surface area contributed by atoms with Crippen LogP contribution in [0.15, 0.2) is 54.6 Å².